The minimum atomic E-state index is 0.932. The lowest BCUT2D eigenvalue weighted by Gasteiger charge is -2.06. The highest BCUT2D eigenvalue weighted by molar-refractivity contribution is 6.00. The molecule has 1 aliphatic carbocycles. The first-order valence-electron chi connectivity index (χ1n) is 7.24. The maximum Gasteiger partial charge on any atom is 0.103 e. The number of aromatic nitrogens is 4. The van der Waals surface area contributed by atoms with Crippen LogP contribution < -0.4 is 0 Å². The molecule has 4 rings (SSSR count). The van der Waals surface area contributed by atoms with Crippen molar-refractivity contribution in [3.63, 3.8) is 0 Å². The molecule has 0 unspecified atom stereocenters. The number of nitrogens with zero attached hydrogens (tertiary/aromatic N) is 4. The smallest absolute Gasteiger partial charge is 0.103 e. The average Bonchev–Trinajstić information content (AvgIpc) is 3.09. The van der Waals surface area contributed by atoms with E-state index < -0.39 is 0 Å². The summed E-state index contributed by atoms with van der Waals surface area (Å²) in [4.78, 5) is 8.86. The Morgan fingerprint density at radius 1 is 1.29 bits per heavy atom. The molecule has 4 heteroatoms. The van der Waals surface area contributed by atoms with Gasteiger partial charge in [-0.1, -0.05) is 13.0 Å². The summed E-state index contributed by atoms with van der Waals surface area (Å²) in [5, 5.41) is 5.82. The van der Waals surface area contributed by atoms with E-state index in [1.54, 1.807) is 6.20 Å². The van der Waals surface area contributed by atoms with Crippen LogP contribution in [0.2, 0.25) is 0 Å². The monoisotopic (exact) mass is 276 g/mol. The first-order chi connectivity index (χ1) is 10.3. The number of pyridine rings is 2. The van der Waals surface area contributed by atoms with Crippen LogP contribution in [0.5, 0.6) is 0 Å². The molecule has 3 heterocycles. The fourth-order valence-corrected chi connectivity index (χ4v) is 3.15. The van der Waals surface area contributed by atoms with E-state index in [9.17, 15) is 0 Å². The van der Waals surface area contributed by atoms with Gasteiger partial charge in [-0.2, -0.15) is 5.10 Å². The van der Waals surface area contributed by atoms with Crippen molar-refractivity contribution in [3.05, 3.63) is 48.1 Å². The Labute approximate surface area is 123 Å². The van der Waals surface area contributed by atoms with E-state index in [1.165, 1.54) is 22.3 Å². The zero-order valence-corrected chi connectivity index (χ0v) is 12.2. The summed E-state index contributed by atoms with van der Waals surface area (Å²) in [6, 6.07) is 3.98. The van der Waals surface area contributed by atoms with Gasteiger partial charge >= 0.3 is 0 Å². The largest absolute Gasteiger partial charge is 0.267 e. The van der Waals surface area contributed by atoms with Crippen molar-refractivity contribution < 1.29 is 0 Å². The molecule has 0 spiro atoms. The molecular formula is C17H16N4. The molecule has 3 aromatic rings. The molecule has 0 amide bonds. The number of allylic oxidation sites excluding steroid dienone is 2. The molecule has 4 nitrogen and oxygen atoms in total. The summed E-state index contributed by atoms with van der Waals surface area (Å²) in [5.74, 6) is 0. The summed E-state index contributed by atoms with van der Waals surface area (Å²) in [6.07, 6.45) is 9.83. The van der Waals surface area contributed by atoms with E-state index in [4.69, 9.17) is 5.10 Å². The highest BCUT2D eigenvalue weighted by atomic mass is 15.3. The second-order valence-electron chi connectivity index (χ2n) is 5.34. The Kier molecular flexibility index (Phi) is 2.64. The minimum Gasteiger partial charge on any atom is -0.267 e. The van der Waals surface area contributed by atoms with E-state index in [-0.39, 0.29) is 0 Å². The van der Waals surface area contributed by atoms with Crippen LogP contribution in [0.1, 0.15) is 24.6 Å². The fourth-order valence-electron chi connectivity index (χ4n) is 3.15. The van der Waals surface area contributed by atoms with Crippen LogP contribution in [0.25, 0.3) is 27.7 Å². The Morgan fingerprint density at radius 2 is 2.19 bits per heavy atom. The topological polar surface area (TPSA) is 43.6 Å². The Bertz CT molecular complexity index is 859. The zero-order chi connectivity index (χ0) is 14.4. The standard InChI is InChI=1S/C17H16N4/c1-3-11-6-7-14-15(11)17-13(10-19-14)16(20-21(17)2)12-5-4-8-18-9-12/h4-6,8-10H,3,7H2,1-2H3. The number of aryl methyl sites for hydroxylation is 1. The molecule has 0 saturated heterocycles. The lowest BCUT2D eigenvalue weighted by atomic mass is 10.0. The highest BCUT2D eigenvalue weighted by Gasteiger charge is 2.22. The first-order valence-corrected chi connectivity index (χ1v) is 7.24. The van der Waals surface area contributed by atoms with E-state index in [0.717, 1.165) is 29.5 Å². The summed E-state index contributed by atoms with van der Waals surface area (Å²) < 4.78 is 1.98. The zero-order valence-electron chi connectivity index (χ0n) is 12.2. The van der Waals surface area contributed by atoms with Crippen molar-refractivity contribution in [1.82, 2.24) is 19.7 Å². The van der Waals surface area contributed by atoms with Crippen molar-refractivity contribution >= 4 is 16.5 Å². The quantitative estimate of drug-likeness (QED) is 0.720. The van der Waals surface area contributed by atoms with Crippen LogP contribution in [0.3, 0.4) is 0 Å². The molecule has 0 fully saturated rings. The second-order valence-corrected chi connectivity index (χ2v) is 5.34. The normalized spacial score (nSPS) is 13.5. The van der Waals surface area contributed by atoms with Crippen LogP contribution in [0.15, 0.2) is 36.8 Å². The molecule has 1 aliphatic rings. The van der Waals surface area contributed by atoms with Crippen LogP contribution in [-0.4, -0.2) is 19.7 Å². The van der Waals surface area contributed by atoms with Crippen molar-refractivity contribution in [2.75, 3.05) is 0 Å². The van der Waals surface area contributed by atoms with Crippen molar-refractivity contribution in [2.45, 2.75) is 19.8 Å². The third-order valence-corrected chi connectivity index (χ3v) is 4.14. The molecular weight excluding hydrogens is 260 g/mol. The van der Waals surface area contributed by atoms with Crippen LogP contribution in [0.4, 0.5) is 0 Å². The SMILES string of the molecule is CCC1=CCc2ncc3c(-c4cccnc4)nn(C)c3c21. The van der Waals surface area contributed by atoms with Crippen LogP contribution in [0, 0.1) is 0 Å². The van der Waals surface area contributed by atoms with Gasteiger partial charge in [0.05, 0.1) is 11.2 Å². The molecule has 0 bridgehead atoms. The summed E-state index contributed by atoms with van der Waals surface area (Å²) in [6.45, 7) is 2.19. The lowest BCUT2D eigenvalue weighted by molar-refractivity contribution is 0.798. The fraction of sp³-hybridized carbons (Fsp3) is 0.235. The molecule has 104 valence electrons. The van der Waals surface area contributed by atoms with E-state index >= 15 is 0 Å². The van der Waals surface area contributed by atoms with Gasteiger partial charge in [-0.15, -0.1) is 0 Å². The van der Waals surface area contributed by atoms with Gasteiger partial charge in [-0.3, -0.25) is 14.6 Å². The molecule has 0 radical (unpaired) electrons. The van der Waals surface area contributed by atoms with Crippen molar-refractivity contribution in [2.24, 2.45) is 7.05 Å². The Balaban J connectivity index is 2.04. The number of hydrogen-bond donors (Lipinski definition) is 0. The summed E-state index contributed by atoms with van der Waals surface area (Å²) in [7, 11) is 2.01. The Hall–Kier alpha value is -2.49. The maximum atomic E-state index is 4.72. The molecule has 0 N–H and O–H groups in total. The minimum absolute atomic E-state index is 0.932. The number of fused-ring (bicyclic) bond motifs is 3. The predicted octanol–water partition coefficient (Wildman–Crippen LogP) is 3.38. The molecule has 0 aromatic carbocycles. The molecule has 0 saturated carbocycles. The third kappa shape index (κ3) is 1.72. The Morgan fingerprint density at radius 3 is 2.95 bits per heavy atom. The van der Waals surface area contributed by atoms with Gasteiger partial charge in [0.2, 0.25) is 0 Å². The molecule has 21 heavy (non-hydrogen) atoms. The average molecular weight is 276 g/mol. The van der Waals surface area contributed by atoms with E-state index in [2.05, 4.69) is 23.0 Å². The van der Waals surface area contributed by atoms with Crippen LogP contribution in [-0.2, 0) is 13.5 Å². The van der Waals surface area contributed by atoms with Gasteiger partial charge in [0, 0.05) is 48.6 Å². The number of hydrogen-bond acceptors (Lipinski definition) is 3. The van der Waals surface area contributed by atoms with E-state index in [1.807, 2.05) is 36.3 Å². The van der Waals surface area contributed by atoms with Crippen molar-refractivity contribution in [3.8, 4) is 11.3 Å². The summed E-state index contributed by atoms with van der Waals surface area (Å²) >= 11 is 0. The second kappa shape index (κ2) is 4.52. The third-order valence-electron chi connectivity index (χ3n) is 4.14. The summed E-state index contributed by atoms with van der Waals surface area (Å²) in [5.41, 5.74) is 7.00. The maximum absolute atomic E-state index is 4.72. The highest BCUT2D eigenvalue weighted by Crippen LogP contribution is 2.37. The molecule has 0 aliphatic heterocycles. The van der Waals surface area contributed by atoms with Crippen LogP contribution >= 0.6 is 0 Å². The van der Waals surface area contributed by atoms with Gasteiger partial charge < -0.3 is 0 Å². The van der Waals surface area contributed by atoms with Gasteiger partial charge in [0.25, 0.3) is 0 Å². The molecule has 0 atom stereocenters. The van der Waals surface area contributed by atoms with Crippen molar-refractivity contribution in [1.29, 1.82) is 0 Å². The van der Waals surface area contributed by atoms with Gasteiger partial charge in [-0.05, 0) is 24.1 Å². The van der Waals surface area contributed by atoms with Gasteiger partial charge in [-0.25, -0.2) is 0 Å². The van der Waals surface area contributed by atoms with Gasteiger partial charge in [0.15, 0.2) is 0 Å². The molecule has 3 aromatic heterocycles. The lowest BCUT2D eigenvalue weighted by Crippen LogP contribution is -1.96. The number of rotatable bonds is 2. The first kappa shape index (κ1) is 12.3. The van der Waals surface area contributed by atoms with Gasteiger partial charge in [0.1, 0.15) is 5.69 Å². The van der Waals surface area contributed by atoms with E-state index in [0.29, 0.717) is 0 Å². The predicted molar refractivity (Wildman–Crippen MR) is 83.7 cm³/mol.